The number of carbonyl (C=O) groups is 1. The number of amides is 1. The lowest BCUT2D eigenvalue weighted by Gasteiger charge is -2.10. The fourth-order valence-corrected chi connectivity index (χ4v) is 2.62. The van der Waals surface area contributed by atoms with E-state index in [-0.39, 0.29) is 17.7 Å². The number of thioether (sulfide) groups is 1. The van der Waals surface area contributed by atoms with Crippen LogP contribution in [0.3, 0.4) is 0 Å². The zero-order chi connectivity index (χ0) is 10.7. The quantitative estimate of drug-likeness (QED) is 0.787. The maximum Gasteiger partial charge on any atom is 0.253 e. The first kappa shape index (κ1) is 10.3. The SMILES string of the molecule is O=C(NC1CCSC1)c1cncc(O)c1. The minimum atomic E-state index is -0.161. The maximum atomic E-state index is 11.7. The highest BCUT2D eigenvalue weighted by atomic mass is 32.2. The Morgan fingerprint density at radius 1 is 1.60 bits per heavy atom. The molecule has 1 unspecified atom stereocenters. The number of nitrogens with one attached hydrogen (secondary N) is 1. The van der Waals surface area contributed by atoms with Gasteiger partial charge in [0.15, 0.2) is 0 Å². The zero-order valence-corrected chi connectivity index (χ0v) is 8.96. The molecule has 0 spiro atoms. The van der Waals surface area contributed by atoms with Crippen molar-refractivity contribution in [2.75, 3.05) is 11.5 Å². The highest BCUT2D eigenvalue weighted by Crippen LogP contribution is 2.17. The number of hydrogen-bond acceptors (Lipinski definition) is 4. The summed E-state index contributed by atoms with van der Waals surface area (Å²) < 4.78 is 0. The molecule has 0 aliphatic carbocycles. The van der Waals surface area contributed by atoms with Crippen molar-refractivity contribution in [3.05, 3.63) is 24.0 Å². The molecule has 1 aliphatic rings. The summed E-state index contributed by atoms with van der Waals surface area (Å²) in [6.07, 6.45) is 3.78. The van der Waals surface area contributed by atoms with Gasteiger partial charge in [0.05, 0.1) is 11.8 Å². The van der Waals surface area contributed by atoms with Crippen molar-refractivity contribution in [2.45, 2.75) is 12.5 Å². The Balaban J connectivity index is 2.01. The van der Waals surface area contributed by atoms with Crippen LogP contribution in [0.15, 0.2) is 18.5 Å². The molecule has 2 rings (SSSR count). The van der Waals surface area contributed by atoms with E-state index in [0.29, 0.717) is 5.56 Å². The van der Waals surface area contributed by atoms with Crippen LogP contribution in [0.5, 0.6) is 5.75 Å². The summed E-state index contributed by atoms with van der Waals surface area (Å²) in [6, 6.07) is 1.68. The van der Waals surface area contributed by atoms with E-state index in [1.807, 2.05) is 11.8 Å². The van der Waals surface area contributed by atoms with E-state index in [2.05, 4.69) is 10.3 Å². The first-order valence-electron chi connectivity index (χ1n) is 4.78. The molecule has 15 heavy (non-hydrogen) atoms. The van der Waals surface area contributed by atoms with Crippen LogP contribution in [0.25, 0.3) is 0 Å². The standard InChI is InChI=1S/C10H12N2O2S/c13-9-3-7(4-11-5-9)10(14)12-8-1-2-15-6-8/h3-5,8,13H,1-2,6H2,(H,12,14). The molecule has 4 nitrogen and oxygen atoms in total. The number of rotatable bonds is 2. The van der Waals surface area contributed by atoms with E-state index in [4.69, 9.17) is 0 Å². The van der Waals surface area contributed by atoms with Gasteiger partial charge in [-0.1, -0.05) is 0 Å². The topological polar surface area (TPSA) is 62.2 Å². The normalized spacial score (nSPS) is 20.1. The first-order chi connectivity index (χ1) is 7.25. The van der Waals surface area contributed by atoms with Gasteiger partial charge in [0.1, 0.15) is 5.75 Å². The summed E-state index contributed by atoms with van der Waals surface area (Å²) in [5.74, 6) is 1.93. The molecule has 0 bridgehead atoms. The average molecular weight is 224 g/mol. The molecule has 1 fully saturated rings. The molecule has 0 saturated carbocycles. The van der Waals surface area contributed by atoms with Crippen molar-refractivity contribution in [1.82, 2.24) is 10.3 Å². The number of aromatic hydroxyl groups is 1. The number of pyridine rings is 1. The van der Waals surface area contributed by atoms with Crippen molar-refractivity contribution in [2.24, 2.45) is 0 Å². The molecule has 1 amide bonds. The van der Waals surface area contributed by atoms with Gasteiger partial charge in [0.2, 0.25) is 0 Å². The van der Waals surface area contributed by atoms with Gasteiger partial charge in [-0.2, -0.15) is 11.8 Å². The first-order valence-corrected chi connectivity index (χ1v) is 5.94. The third-order valence-electron chi connectivity index (χ3n) is 2.25. The summed E-state index contributed by atoms with van der Waals surface area (Å²) in [4.78, 5) is 15.4. The Labute approximate surface area is 92.1 Å². The predicted molar refractivity (Wildman–Crippen MR) is 59.1 cm³/mol. The molecule has 2 heterocycles. The smallest absolute Gasteiger partial charge is 0.253 e. The van der Waals surface area contributed by atoms with Crippen LogP contribution in [-0.2, 0) is 0 Å². The van der Waals surface area contributed by atoms with Gasteiger partial charge in [0, 0.05) is 18.0 Å². The fourth-order valence-electron chi connectivity index (χ4n) is 1.47. The van der Waals surface area contributed by atoms with Crippen LogP contribution in [0.1, 0.15) is 16.8 Å². The van der Waals surface area contributed by atoms with Gasteiger partial charge < -0.3 is 10.4 Å². The molecular weight excluding hydrogens is 212 g/mol. The molecule has 2 N–H and O–H groups in total. The lowest BCUT2D eigenvalue weighted by molar-refractivity contribution is 0.0940. The largest absolute Gasteiger partial charge is 0.506 e. The van der Waals surface area contributed by atoms with Crippen LogP contribution in [0.2, 0.25) is 0 Å². The van der Waals surface area contributed by atoms with E-state index in [0.717, 1.165) is 17.9 Å². The number of hydrogen-bond donors (Lipinski definition) is 2. The van der Waals surface area contributed by atoms with E-state index >= 15 is 0 Å². The summed E-state index contributed by atoms with van der Waals surface area (Å²) in [7, 11) is 0. The summed E-state index contributed by atoms with van der Waals surface area (Å²) >= 11 is 1.84. The monoisotopic (exact) mass is 224 g/mol. The van der Waals surface area contributed by atoms with Crippen molar-refractivity contribution < 1.29 is 9.90 Å². The molecule has 80 valence electrons. The molecule has 1 saturated heterocycles. The van der Waals surface area contributed by atoms with Gasteiger partial charge in [0.25, 0.3) is 5.91 Å². The number of aromatic nitrogens is 1. The molecule has 0 radical (unpaired) electrons. The fraction of sp³-hybridized carbons (Fsp3) is 0.400. The Morgan fingerprint density at radius 2 is 2.47 bits per heavy atom. The summed E-state index contributed by atoms with van der Waals surface area (Å²) in [5.41, 5.74) is 0.409. The average Bonchev–Trinajstić information content (AvgIpc) is 2.70. The van der Waals surface area contributed by atoms with E-state index < -0.39 is 0 Å². The minimum Gasteiger partial charge on any atom is -0.506 e. The van der Waals surface area contributed by atoms with Gasteiger partial charge in [-0.3, -0.25) is 9.78 Å². The molecule has 1 aromatic heterocycles. The number of carbonyl (C=O) groups excluding carboxylic acids is 1. The molecule has 1 aliphatic heterocycles. The molecule has 5 heteroatoms. The van der Waals surface area contributed by atoms with Crippen molar-refractivity contribution in [3.63, 3.8) is 0 Å². The predicted octanol–water partition coefficient (Wildman–Crippen LogP) is 1.02. The van der Waals surface area contributed by atoms with Crippen molar-refractivity contribution >= 4 is 17.7 Å². The summed E-state index contributed by atoms with van der Waals surface area (Å²) in [5, 5.41) is 12.1. The van der Waals surface area contributed by atoms with Crippen LogP contribution >= 0.6 is 11.8 Å². The van der Waals surface area contributed by atoms with Crippen LogP contribution in [0.4, 0.5) is 0 Å². The van der Waals surface area contributed by atoms with E-state index in [1.54, 1.807) is 0 Å². The second-order valence-corrected chi connectivity index (χ2v) is 4.62. The van der Waals surface area contributed by atoms with E-state index in [9.17, 15) is 9.90 Å². The van der Waals surface area contributed by atoms with Gasteiger partial charge in [-0.25, -0.2) is 0 Å². The lowest BCUT2D eigenvalue weighted by atomic mass is 10.2. The Morgan fingerprint density at radius 3 is 3.13 bits per heavy atom. The minimum absolute atomic E-state index is 0.0171. The third kappa shape index (κ3) is 2.62. The Hall–Kier alpha value is -1.23. The summed E-state index contributed by atoms with van der Waals surface area (Å²) in [6.45, 7) is 0. The molecule has 1 atom stereocenters. The second kappa shape index (κ2) is 4.53. The Bertz CT molecular complexity index is 364. The highest BCUT2D eigenvalue weighted by molar-refractivity contribution is 7.99. The number of nitrogens with zero attached hydrogens (tertiary/aromatic N) is 1. The van der Waals surface area contributed by atoms with Crippen LogP contribution in [-0.4, -0.2) is 33.5 Å². The van der Waals surface area contributed by atoms with Gasteiger partial charge in [-0.15, -0.1) is 0 Å². The maximum absolute atomic E-state index is 11.7. The van der Waals surface area contributed by atoms with E-state index in [1.165, 1.54) is 18.5 Å². The zero-order valence-electron chi connectivity index (χ0n) is 8.14. The molecule has 0 aromatic carbocycles. The van der Waals surface area contributed by atoms with Gasteiger partial charge >= 0.3 is 0 Å². The molecular formula is C10H12N2O2S. The van der Waals surface area contributed by atoms with Crippen LogP contribution < -0.4 is 5.32 Å². The third-order valence-corrected chi connectivity index (χ3v) is 3.41. The Kier molecular flexibility index (Phi) is 3.11. The highest BCUT2D eigenvalue weighted by Gasteiger charge is 2.18. The molecule has 1 aromatic rings. The van der Waals surface area contributed by atoms with Crippen LogP contribution in [0, 0.1) is 0 Å². The van der Waals surface area contributed by atoms with Crippen molar-refractivity contribution in [1.29, 1.82) is 0 Å². The van der Waals surface area contributed by atoms with Gasteiger partial charge in [-0.05, 0) is 18.2 Å². The second-order valence-electron chi connectivity index (χ2n) is 3.47. The van der Waals surface area contributed by atoms with Crippen molar-refractivity contribution in [3.8, 4) is 5.75 Å². The lowest BCUT2D eigenvalue weighted by Crippen LogP contribution is -2.34.